The van der Waals surface area contributed by atoms with Crippen LogP contribution in [0, 0.1) is 5.92 Å². The molecule has 1 aliphatic heterocycles. The van der Waals surface area contributed by atoms with E-state index in [4.69, 9.17) is 5.73 Å². The average Bonchev–Trinajstić information content (AvgIpc) is 3.36. The number of likely N-dealkylation sites (tertiary alicyclic amines) is 1. The SMILES string of the molecule is CC(C)[C@H](NC(=O)[C@H](C)N)C(=O)N1CCC[C@H]1C(=O)NCc1c[nH]c2ccccc12.Cl. The smallest absolute Gasteiger partial charge is 0.246 e. The number of carbonyl (C=O) groups excluding carboxylic acids is 3. The lowest BCUT2D eigenvalue weighted by Crippen LogP contribution is -2.56. The molecule has 3 atom stereocenters. The molecule has 170 valence electrons. The van der Waals surface area contributed by atoms with Crippen LogP contribution in [0.15, 0.2) is 30.5 Å². The molecule has 0 saturated carbocycles. The maximum absolute atomic E-state index is 13.2. The number of fused-ring (bicyclic) bond motifs is 1. The molecule has 0 radical (unpaired) electrons. The minimum absolute atomic E-state index is 0. The van der Waals surface area contributed by atoms with Crippen molar-refractivity contribution in [1.29, 1.82) is 0 Å². The van der Waals surface area contributed by atoms with E-state index >= 15 is 0 Å². The number of benzene rings is 1. The van der Waals surface area contributed by atoms with Crippen LogP contribution in [0.3, 0.4) is 0 Å². The molecule has 5 N–H and O–H groups in total. The van der Waals surface area contributed by atoms with Crippen molar-refractivity contribution in [2.45, 2.75) is 58.3 Å². The maximum atomic E-state index is 13.2. The van der Waals surface area contributed by atoms with Gasteiger partial charge in [0, 0.05) is 30.2 Å². The number of H-pyrrole nitrogens is 1. The minimum atomic E-state index is -0.703. The van der Waals surface area contributed by atoms with Crippen molar-refractivity contribution in [2.75, 3.05) is 6.54 Å². The van der Waals surface area contributed by atoms with Gasteiger partial charge in [0.2, 0.25) is 17.7 Å². The van der Waals surface area contributed by atoms with E-state index in [0.29, 0.717) is 19.5 Å². The average molecular weight is 450 g/mol. The molecule has 0 spiro atoms. The first-order chi connectivity index (χ1) is 14.3. The van der Waals surface area contributed by atoms with Gasteiger partial charge in [0.05, 0.1) is 6.04 Å². The Hall–Kier alpha value is -2.58. The third-order valence-electron chi connectivity index (χ3n) is 5.61. The molecule has 0 unspecified atom stereocenters. The Bertz CT molecular complexity index is 927. The Morgan fingerprint density at radius 1 is 1.23 bits per heavy atom. The highest BCUT2D eigenvalue weighted by Gasteiger charge is 2.38. The fraction of sp³-hybridized carbons (Fsp3) is 0.500. The molecule has 2 aromatic rings. The molecule has 3 amide bonds. The number of aromatic amines is 1. The zero-order valence-electron chi connectivity index (χ0n) is 18.2. The number of amides is 3. The molecule has 3 rings (SSSR count). The van der Waals surface area contributed by atoms with E-state index in [-0.39, 0.29) is 36.0 Å². The van der Waals surface area contributed by atoms with E-state index in [9.17, 15) is 14.4 Å². The molecule has 0 bridgehead atoms. The summed E-state index contributed by atoms with van der Waals surface area (Å²) >= 11 is 0. The van der Waals surface area contributed by atoms with Gasteiger partial charge in [0.15, 0.2) is 0 Å². The van der Waals surface area contributed by atoms with Gasteiger partial charge in [-0.15, -0.1) is 12.4 Å². The highest BCUT2D eigenvalue weighted by atomic mass is 35.5. The number of hydrogen-bond acceptors (Lipinski definition) is 4. The van der Waals surface area contributed by atoms with Gasteiger partial charge in [-0.05, 0) is 37.3 Å². The quantitative estimate of drug-likeness (QED) is 0.514. The molecular weight excluding hydrogens is 418 g/mol. The zero-order valence-corrected chi connectivity index (χ0v) is 19.0. The number of carbonyl (C=O) groups is 3. The molecule has 1 saturated heterocycles. The van der Waals surface area contributed by atoms with Crippen molar-refractivity contribution in [3.05, 3.63) is 36.0 Å². The number of para-hydroxylation sites is 1. The summed E-state index contributed by atoms with van der Waals surface area (Å²) in [6.45, 7) is 6.20. The molecule has 1 fully saturated rings. The first-order valence-corrected chi connectivity index (χ1v) is 10.5. The molecule has 9 heteroatoms. The van der Waals surface area contributed by atoms with Gasteiger partial charge < -0.3 is 26.3 Å². The summed E-state index contributed by atoms with van der Waals surface area (Å²) < 4.78 is 0. The van der Waals surface area contributed by atoms with Gasteiger partial charge in [0.1, 0.15) is 12.1 Å². The highest BCUT2D eigenvalue weighted by molar-refractivity contribution is 5.93. The van der Waals surface area contributed by atoms with Gasteiger partial charge in [-0.2, -0.15) is 0 Å². The molecule has 1 aromatic heterocycles. The summed E-state index contributed by atoms with van der Waals surface area (Å²) in [7, 11) is 0. The largest absolute Gasteiger partial charge is 0.361 e. The van der Waals surface area contributed by atoms with Crippen LogP contribution in [-0.2, 0) is 20.9 Å². The van der Waals surface area contributed by atoms with E-state index in [2.05, 4.69) is 15.6 Å². The lowest BCUT2D eigenvalue weighted by molar-refractivity contribution is -0.142. The molecule has 0 aliphatic carbocycles. The Morgan fingerprint density at radius 2 is 1.94 bits per heavy atom. The van der Waals surface area contributed by atoms with Crippen LogP contribution in [0.1, 0.15) is 39.2 Å². The van der Waals surface area contributed by atoms with Crippen molar-refractivity contribution in [1.82, 2.24) is 20.5 Å². The molecule has 2 heterocycles. The second-order valence-corrected chi connectivity index (χ2v) is 8.29. The molecule has 8 nitrogen and oxygen atoms in total. The lowest BCUT2D eigenvalue weighted by atomic mass is 10.0. The van der Waals surface area contributed by atoms with Gasteiger partial charge >= 0.3 is 0 Å². The predicted molar refractivity (Wildman–Crippen MR) is 123 cm³/mol. The van der Waals surface area contributed by atoms with E-state index in [0.717, 1.165) is 22.9 Å². The van der Waals surface area contributed by atoms with Crippen LogP contribution in [0.5, 0.6) is 0 Å². The van der Waals surface area contributed by atoms with Gasteiger partial charge in [-0.25, -0.2) is 0 Å². The van der Waals surface area contributed by atoms with Crippen LogP contribution in [0.25, 0.3) is 10.9 Å². The minimum Gasteiger partial charge on any atom is -0.361 e. The molecule has 1 aliphatic rings. The van der Waals surface area contributed by atoms with Crippen LogP contribution < -0.4 is 16.4 Å². The Morgan fingerprint density at radius 3 is 2.61 bits per heavy atom. The summed E-state index contributed by atoms with van der Waals surface area (Å²) in [5.41, 5.74) is 7.65. The highest BCUT2D eigenvalue weighted by Crippen LogP contribution is 2.21. The van der Waals surface area contributed by atoms with Gasteiger partial charge in [-0.3, -0.25) is 14.4 Å². The first kappa shape index (κ1) is 24.7. The zero-order chi connectivity index (χ0) is 21.8. The van der Waals surface area contributed by atoms with Crippen LogP contribution >= 0.6 is 12.4 Å². The number of nitrogens with one attached hydrogen (secondary N) is 3. The van der Waals surface area contributed by atoms with Crippen molar-refractivity contribution >= 4 is 41.0 Å². The second kappa shape index (κ2) is 10.6. The van der Waals surface area contributed by atoms with E-state index in [1.54, 1.807) is 11.8 Å². The van der Waals surface area contributed by atoms with Gasteiger partial charge in [-0.1, -0.05) is 32.0 Å². The third-order valence-corrected chi connectivity index (χ3v) is 5.61. The van der Waals surface area contributed by atoms with Crippen LogP contribution in [0.4, 0.5) is 0 Å². The van der Waals surface area contributed by atoms with Crippen LogP contribution in [-0.4, -0.2) is 52.3 Å². The number of halogens is 1. The maximum Gasteiger partial charge on any atom is 0.246 e. The second-order valence-electron chi connectivity index (χ2n) is 8.29. The monoisotopic (exact) mass is 449 g/mol. The number of hydrogen-bond donors (Lipinski definition) is 4. The summed E-state index contributed by atoms with van der Waals surface area (Å²) in [4.78, 5) is 42.9. The van der Waals surface area contributed by atoms with E-state index < -0.39 is 18.1 Å². The molecule has 1 aromatic carbocycles. The van der Waals surface area contributed by atoms with E-state index in [1.165, 1.54) is 0 Å². The van der Waals surface area contributed by atoms with E-state index in [1.807, 2.05) is 44.3 Å². The number of rotatable bonds is 7. The Kier molecular flexibility index (Phi) is 8.47. The van der Waals surface area contributed by atoms with Crippen LogP contribution in [0.2, 0.25) is 0 Å². The standard InChI is InChI=1S/C22H31N5O3.ClH/c1-13(2)19(26-20(28)14(3)23)22(30)27-10-6-9-18(27)21(29)25-12-15-11-24-17-8-5-4-7-16(15)17;/h4-5,7-8,11,13-14,18-19,24H,6,9-10,12,23H2,1-3H3,(H,25,29)(H,26,28);1H/t14-,18-,19-;/m0./s1. The summed E-state index contributed by atoms with van der Waals surface area (Å²) in [6, 6.07) is 5.97. The van der Waals surface area contributed by atoms with Crippen molar-refractivity contribution in [3.63, 3.8) is 0 Å². The number of nitrogens with zero attached hydrogens (tertiary/aromatic N) is 1. The lowest BCUT2D eigenvalue weighted by Gasteiger charge is -2.30. The van der Waals surface area contributed by atoms with Crippen molar-refractivity contribution in [2.24, 2.45) is 11.7 Å². The Labute approximate surface area is 188 Å². The third kappa shape index (κ3) is 5.57. The number of aromatic nitrogens is 1. The first-order valence-electron chi connectivity index (χ1n) is 10.5. The summed E-state index contributed by atoms with van der Waals surface area (Å²) in [5, 5.41) is 6.77. The predicted octanol–water partition coefficient (Wildman–Crippen LogP) is 1.68. The Balaban J connectivity index is 0.00000341. The normalized spacial score (nSPS) is 17.8. The molecular formula is C22H32ClN5O3. The fourth-order valence-electron chi connectivity index (χ4n) is 3.86. The summed E-state index contributed by atoms with van der Waals surface area (Å²) in [5.74, 6) is -0.895. The van der Waals surface area contributed by atoms with Crippen molar-refractivity contribution < 1.29 is 14.4 Å². The fourth-order valence-corrected chi connectivity index (χ4v) is 3.86. The molecule has 31 heavy (non-hydrogen) atoms. The van der Waals surface area contributed by atoms with Crippen molar-refractivity contribution in [3.8, 4) is 0 Å². The summed E-state index contributed by atoms with van der Waals surface area (Å²) in [6.07, 6.45) is 3.25. The van der Waals surface area contributed by atoms with Gasteiger partial charge in [0.25, 0.3) is 0 Å². The number of nitrogens with two attached hydrogens (primary N) is 1. The topological polar surface area (TPSA) is 120 Å².